The first-order valence-corrected chi connectivity index (χ1v) is 9.52. The van der Waals surface area contributed by atoms with Crippen LogP contribution < -0.4 is 5.32 Å². The van der Waals surface area contributed by atoms with E-state index in [0.29, 0.717) is 27.4 Å². The van der Waals surface area contributed by atoms with Crippen LogP contribution >= 0.6 is 23.4 Å². The maximum Gasteiger partial charge on any atom is 0.338 e. The molecule has 0 saturated heterocycles. The van der Waals surface area contributed by atoms with Gasteiger partial charge in [-0.2, -0.15) is 4.98 Å². The van der Waals surface area contributed by atoms with E-state index in [1.807, 2.05) is 32.0 Å². The summed E-state index contributed by atoms with van der Waals surface area (Å²) in [5.74, 6) is 1.01. The van der Waals surface area contributed by atoms with Crippen LogP contribution in [-0.4, -0.2) is 33.1 Å². The second-order valence-corrected chi connectivity index (χ2v) is 7.27. The molecular formula is C18H19ClN4O2S. The minimum absolute atomic E-state index is 0.138. The average Bonchev–Trinajstić information content (AvgIpc) is 3.00. The number of anilines is 1. The Bertz CT molecular complexity index is 878. The van der Waals surface area contributed by atoms with E-state index in [9.17, 15) is 4.79 Å². The third-order valence-electron chi connectivity index (χ3n) is 3.82. The third-order valence-corrected chi connectivity index (χ3v) is 4.78. The van der Waals surface area contributed by atoms with Crippen molar-refractivity contribution in [2.45, 2.75) is 25.0 Å². The summed E-state index contributed by atoms with van der Waals surface area (Å²) in [7, 11) is 0. The van der Waals surface area contributed by atoms with Crippen LogP contribution in [0, 0.1) is 0 Å². The van der Waals surface area contributed by atoms with Gasteiger partial charge in [0, 0.05) is 10.7 Å². The molecule has 2 aromatic rings. The normalized spacial score (nSPS) is 16.0. The van der Waals surface area contributed by atoms with Crippen LogP contribution in [0.3, 0.4) is 0 Å². The van der Waals surface area contributed by atoms with Crippen LogP contribution in [0.2, 0.25) is 5.02 Å². The van der Waals surface area contributed by atoms with E-state index < -0.39 is 12.0 Å². The SMILES string of the molecule is C=CCOC(=O)C1=C(C)Nc2nc(SCC)nn2C1c1cccc(Cl)c1. The number of fused-ring (bicyclic) bond motifs is 1. The van der Waals surface area contributed by atoms with Crippen molar-refractivity contribution in [1.29, 1.82) is 0 Å². The molecule has 1 atom stereocenters. The van der Waals surface area contributed by atoms with Crippen molar-refractivity contribution in [3.8, 4) is 0 Å². The number of hydrogen-bond donors (Lipinski definition) is 1. The van der Waals surface area contributed by atoms with E-state index in [1.165, 1.54) is 17.8 Å². The second kappa shape index (κ2) is 7.97. The number of nitrogens with zero attached hydrogens (tertiary/aromatic N) is 3. The number of ether oxygens (including phenoxy) is 1. The predicted molar refractivity (Wildman–Crippen MR) is 103 cm³/mol. The number of carbonyl (C=O) groups is 1. The van der Waals surface area contributed by atoms with E-state index >= 15 is 0 Å². The molecule has 0 amide bonds. The van der Waals surface area contributed by atoms with Crippen molar-refractivity contribution < 1.29 is 9.53 Å². The number of benzene rings is 1. The first-order chi connectivity index (χ1) is 12.5. The maximum absolute atomic E-state index is 12.7. The summed E-state index contributed by atoms with van der Waals surface area (Å²) >= 11 is 7.72. The standard InChI is InChI=1S/C18H19ClN4O2S/c1-4-9-25-16(24)14-11(3)20-17-21-18(26-5-2)22-23(17)15(14)12-7-6-8-13(19)10-12/h4,6-8,10,15H,1,5,9H2,2-3H3,(H,20,21,22). The molecule has 1 unspecified atom stereocenters. The lowest BCUT2D eigenvalue weighted by Crippen LogP contribution is -2.29. The number of hydrogen-bond acceptors (Lipinski definition) is 6. The van der Waals surface area contributed by atoms with Gasteiger partial charge in [0.1, 0.15) is 12.6 Å². The zero-order valence-electron chi connectivity index (χ0n) is 14.5. The number of halogens is 1. The summed E-state index contributed by atoms with van der Waals surface area (Å²) in [5.41, 5.74) is 1.99. The zero-order valence-corrected chi connectivity index (χ0v) is 16.1. The van der Waals surface area contributed by atoms with E-state index in [4.69, 9.17) is 16.3 Å². The highest BCUT2D eigenvalue weighted by Crippen LogP contribution is 2.37. The van der Waals surface area contributed by atoms with Crippen LogP contribution in [-0.2, 0) is 9.53 Å². The number of esters is 1. The Labute approximate surface area is 161 Å². The van der Waals surface area contributed by atoms with Crippen LogP contribution in [0.5, 0.6) is 0 Å². The van der Waals surface area contributed by atoms with Crippen LogP contribution in [0.15, 0.2) is 53.3 Å². The summed E-state index contributed by atoms with van der Waals surface area (Å²) in [6.07, 6.45) is 1.54. The van der Waals surface area contributed by atoms with E-state index in [0.717, 1.165) is 11.3 Å². The summed E-state index contributed by atoms with van der Waals surface area (Å²) in [6.45, 7) is 7.59. The largest absolute Gasteiger partial charge is 0.458 e. The summed E-state index contributed by atoms with van der Waals surface area (Å²) < 4.78 is 7.01. The Balaban J connectivity index is 2.11. The Morgan fingerprint density at radius 3 is 3.04 bits per heavy atom. The smallest absolute Gasteiger partial charge is 0.338 e. The van der Waals surface area contributed by atoms with Gasteiger partial charge in [-0.05, 0) is 30.4 Å². The van der Waals surface area contributed by atoms with Crippen molar-refractivity contribution in [1.82, 2.24) is 14.8 Å². The molecule has 1 aromatic heterocycles. The molecule has 26 heavy (non-hydrogen) atoms. The van der Waals surface area contributed by atoms with Crippen LogP contribution in [0.25, 0.3) is 0 Å². The fraction of sp³-hybridized carbons (Fsp3) is 0.278. The topological polar surface area (TPSA) is 69.0 Å². The first kappa shape index (κ1) is 18.5. The summed E-state index contributed by atoms with van der Waals surface area (Å²) in [5, 5.41) is 8.97. The Morgan fingerprint density at radius 2 is 2.35 bits per heavy atom. The molecule has 0 bridgehead atoms. The molecule has 0 spiro atoms. The Hall–Kier alpha value is -2.25. The number of thioether (sulfide) groups is 1. The van der Waals surface area contributed by atoms with Crippen LogP contribution in [0.1, 0.15) is 25.5 Å². The van der Waals surface area contributed by atoms with Gasteiger partial charge >= 0.3 is 5.97 Å². The van der Waals surface area contributed by atoms with Gasteiger partial charge in [-0.1, -0.05) is 55.1 Å². The molecule has 6 nitrogen and oxygen atoms in total. The first-order valence-electron chi connectivity index (χ1n) is 8.15. The van der Waals surface area contributed by atoms with Gasteiger partial charge in [0.25, 0.3) is 0 Å². The average molecular weight is 391 g/mol. The lowest BCUT2D eigenvalue weighted by molar-refractivity contribution is -0.138. The highest BCUT2D eigenvalue weighted by Gasteiger charge is 2.35. The van der Waals surface area contributed by atoms with Gasteiger partial charge in [-0.15, -0.1) is 5.10 Å². The van der Waals surface area contributed by atoms with Gasteiger partial charge in [-0.3, -0.25) is 0 Å². The molecule has 0 aliphatic carbocycles. The second-order valence-electron chi connectivity index (χ2n) is 5.60. The summed E-state index contributed by atoms with van der Waals surface area (Å²) in [6, 6.07) is 6.90. The molecule has 1 aromatic carbocycles. The van der Waals surface area contributed by atoms with Crippen molar-refractivity contribution in [2.24, 2.45) is 0 Å². The molecule has 2 heterocycles. The van der Waals surface area contributed by atoms with Gasteiger partial charge in [0.15, 0.2) is 0 Å². The maximum atomic E-state index is 12.7. The number of carbonyl (C=O) groups excluding carboxylic acids is 1. The minimum Gasteiger partial charge on any atom is -0.458 e. The highest BCUT2D eigenvalue weighted by atomic mass is 35.5. The molecule has 1 N–H and O–H groups in total. The molecule has 3 rings (SSSR count). The monoisotopic (exact) mass is 390 g/mol. The number of nitrogens with one attached hydrogen (secondary N) is 1. The van der Waals surface area contributed by atoms with E-state index in [2.05, 4.69) is 22.0 Å². The molecule has 1 aliphatic rings. The molecule has 0 fully saturated rings. The Morgan fingerprint density at radius 1 is 1.54 bits per heavy atom. The van der Waals surface area contributed by atoms with Crippen molar-refractivity contribution in [2.75, 3.05) is 17.7 Å². The van der Waals surface area contributed by atoms with Gasteiger partial charge < -0.3 is 10.1 Å². The predicted octanol–water partition coefficient (Wildman–Crippen LogP) is 4.06. The van der Waals surface area contributed by atoms with Crippen molar-refractivity contribution in [3.05, 3.63) is 58.8 Å². The van der Waals surface area contributed by atoms with E-state index in [1.54, 1.807) is 10.7 Å². The highest BCUT2D eigenvalue weighted by molar-refractivity contribution is 7.99. The molecule has 136 valence electrons. The van der Waals surface area contributed by atoms with E-state index in [-0.39, 0.29) is 6.61 Å². The fourth-order valence-electron chi connectivity index (χ4n) is 2.78. The quantitative estimate of drug-likeness (QED) is 0.455. The minimum atomic E-state index is -0.471. The van der Waals surface area contributed by atoms with Gasteiger partial charge in [-0.25, -0.2) is 9.48 Å². The fourth-order valence-corrected chi connectivity index (χ4v) is 3.54. The zero-order chi connectivity index (χ0) is 18.7. The number of allylic oxidation sites excluding steroid dienone is 1. The van der Waals surface area contributed by atoms with Gasteiger partial charge in [0.05, 0.1) is 5.57 Å². The van der Waals surface area contributed by atoms with Crippen LogP contribution in [0.4, 0.5) is 5.95 Å². The molecule has 1 aliphatic heterocycles. The number of aromatic nitrogens is 3. The Kier molecular flexibility index (Phi) is 5.68. The summed E-state index contributed by atoms with van der Waals surface area (Å²) in [4.78, 5) is 17.2. The lowest BCUT2D eigenvalue weighted by atomic mass is 9.96. The molecule has 0 radical (unpaired) electrons. The van der Waals surface area contributed by atoms with Crippen molar-refractivity contribution in [3.63, 3.8) is 0 Å². The lowest BCUT2D eigenvalue weighted by Gasteiger charge is -2.28. The molecular weight excluding hydrogens is 372 g/mol. The molecule has 0 saturated carbocycles. The third kappa shape index (κ3) is 3.64. The van der Waals surface area contributed by atoms with Crippen molar-refractivity contribution >= 4 is 35.3 Å². The number of rotatable bonds is 6. The molecule has 8 heteroatoms. The van der Waals surface area contributed by atoms with Gasteiger partial charge in [0.2, 0.25) is 11.1 Å².